The third kappa shape index (κ3) is 3.39. The van der Waals surface area contributed by atoms with E-state index >= 15 is 0 Å². The van der Waals surface area contributed by atoms with Gasteiger partial charge in [-0.2, -0.15) is 10.4 Å². The summed E-state index contributed by atoms with van der Waals surface area (Å²) in [5.41, 5.74) is 1.94. The Labute approximate surface area is 135 Å². The molecule has 3 rings (SSSR count). The van der Waals surface area contributed by atoms with Gasteiger partial charge in [0.1, 0.15) is 0 Å². The number of nitriles is 1. The maximum atomic E-state index is 12.2. The number of carbonyl (C=O) groups is 2. The Hall–Kier alpha value is -2.68. The Morgan fingerprint density at radius 3 is 2.57 bits per heavy atom. The SMILES string of the molecule is N#CC1CN(C(=O)CCC(=O)N2CCC(c3ccccc3)=N2)C1. The van der Waals surface area contributed by atoms with Gasteiger partial charge < -0.3 is 4.90 Å². The van der Waals surface area contributed by atoms with Crippen LogP contribution in [0.15, 0.2) is 35.4 Å². The van der Waals surface area contributed by atoms with Crippen LogP contribution >= 0.6 is 0 Å². The molecule has 118 valence electrons. The molecule has 2 aliphatic heterocycles. The number of rotatable bonds is 4. The van der Waals surface area contributed by atoms with E-state index in [0.29, 0.717) is 19.6 Å². The number of amides is 2. The summed E-state index contributed by atoms with van der Waals surface area (Å²) in [5, 5.41) is 14.5. The zero-order valence-electron chi connectivity index (χ0n) is 12.8. The van der Waals surface area contributed by atoms with Gasteiger partial charge in [0.15, 0.2) is 0 Å². The molecule has 0 aromatic heterocycles. The summed E-state index contributed by atoms with van der Waals surface area (Å²) in [7, 11) is 0. The monoisotopic (exact) mass is 310 g/mol. The molecular formula is C17H18N4O2. The number of benzene rings is 1. The molecule has 0 saturated carbocycles. The molecule has 1 saturated heterocycles. The van der Waals surface area contributed by atoms with Gasteiger partial charge in [-0.3, -0.25) is 9.59 Å². The summed E-state index contributed by atoms with van der Waals surface area (Å²) in [6.45, 7) is 1.55. The van der Waals surface area contributed by atoms with Gasteiger partial charge in [-0.1, -0.05) is 30.3 Å². The van der Waals surface area contributed by atoms with Gasteiger partial charge in [0.2, 0.25) is 11.8 Å². The fraction of sp³-hybridized carbons (Fsp3) is 0.412. The molecule has 6 heteroatoms. The third-order valence-corrected chi connectivity index (χ3v) is 4.17. The van der Waals surface area contributed by atoms with E-state index in [1.54, 1.807) is 4.90 Å². The quantitative estimate of drug-likeness (QED) is 0.843. The van der Waals surface area contributed by atoms with Crippen molar-refractivity contribution >= 4 is 17.5 Å². The van der Waals surface area contributed by atoms with E-state index in [2.05, 4.69) is 11.2 Å². The van der Waals surface area contributed by atoms with Crippen LogP contribution in [0.2, 0.25) is 0 Å². The second-order valence-electron chi connectivity index (χ2n) is 5.80. The Kier molecular flexibility index (Phi) is 4.38. The molecule has 2 aliphatic rings. The van der Waals surface area contributed by atoms with E-state index in [0.717, 1.165) is 17.7 Å². The van der Waals surface area contributed by atoms with Gasteiger partial charge in [-0.15, -0.1) is 0 Å². The summed E-state index contributed by atoms with van der Waals surface area (Å²) in [5.74, 6) is -0.232. The van der Waals surface area contributed by atoms with Crippen molar-refractivity contribution in [1.82, 2.24) is 9.91 Å². The van der Waals surface area contributed by atoms with Gasteiger partial charge in [0.05, 0.1) is 24.2 Å². The molecule has 2 heterocycles. The first kappa shape index (κ1) is 15.2. The third-order valence-electron chi connectivity index (χ3n) is 4.17. The standard InChI is InChI=1S/C17H18N4O2/c18-10-13-11-20(12-13)16(22)6-7-17(23)21-9-8-15(19-21)14-4-2-1-3-5-14/h1-5,13H,6-9,11-12H2. The van der Waals surface area contributed by atoms with Crippen LogP contribution < -0.4 is 0 Å². The summed E-state index contributed by atoms with van der Waals surface area (Å²) in [4.78, 5) is 25.7. The molecule has 6 nitrogen and oxygen atoms in total. The summed E-state index contributed by atoms with van der Waals surface area (Å²) in [6.07, 6.45) is 1.08. The van der Waals surface area contributed by atoms with Gasteiger partial charge in [0, 0.05) is 32.4 Å². The second kappa shape index (κ2) is 6.61. The van der Waals surface area contributed by atoms with E-state index in [1.165, 1.54) is 5.01 Å². The average Bonchev–Trinajstić information content (AvgIpc) is 3.02. The van der Waals surface area contributed by atoms with Crippen LogP contribution in [0.25, 0.3) is 0 Å². The van der Waals surface area contributed by atoms with Crippen LogP contribution in [0.4, 0.5) is 0 Å². The minimum absolute atomic E-state index is 0.0498. The van der Waals surface area contributed by atoms with Crippen molar-refractivity contribution in [2.24, 2.45) is 11.0 Å². The highest BCUT2D eigenvalue weighted by molar-refractivity contribution is 6.02. The lowest BCUT2D eigenvalue weighted by Crippen LogP contribution is -2.49. The Morgan fingerprint density at radius 1 is 1.17 bits per heavy atom. The fourth-order valence-corrected chi connectivity index (χ4v) is 2.74. The predicted octanol–water partition coefficient (Wildman–Crippen LogP) is 1.39. The number of hydrazone groups is 1. The van der Waals surface area contributed by atoms with E-state index in [9.17, 15) is 9.59 Å². The summed E-state index contributed by atoms with van der Waals surface area (Å²) >= 11 is 0. The smallest absolute Gasteiger partial charge is 0.243 e. The zero-order chi connectivity index (χ0) is 16.2. The maximum Gasteiger partial charge on any atom is 0.243 e. The van der Waals surface area contributed by atoms with Gasteiger partial charge in [-0.25, -0.2) is 5.01 Å². The number of likely N-dealkylation sites (tertiary alicyclic amines) is 1. The van der Waals surface area contributed by atoms with E-state index in [4.69, 9.17) is 5.26 Å². The molecule has 0 spiro atoms. The van der Waals surface area contributed by atoms with Crippen molar-refractivity contribution in [2.45, 2.75) is 19.3 Å². The van der Waals surface area contributed by atoms with Crippen molar-refractivity contribution in [2.75, 3.05) is 19.6 Å². The molecule has 0 unspecified atom stereocenters. The van der Waals surface area contributed by atoms with Gasteiger partial charge in [-0.05, 0) is 5.56 Å². The lowest BCUT2D eigenvalue weighted by molar-refractivity contribution is -0.140. The van der Waals surface area contributed by atoms with Crippen LogP contribution in [-0.4, -0.2) is 47.1 Å². The molecule has 0 N–H and O–H groups in total. The molecular weight excluding hydrogens is 292 g/mol. The molecule has 0 atom stereocenters. The fourth-order valence-electron chi connectivity index (χ4n) is 2.74. The molecule has 2 amide bonds. The minimum atomic E-state index is -0.123. The first-order valence-corrected chi connectivity index (χ1v) is 7.78. The first-order chi connectivity index (χ1) is 11.2. The van der Waals surface area contributed by atoms with Crippen molar-refractivity contribution in [1.29, 1.82) is 5.26 Å². The number of carbonyl (C=O) groups excluding carboxylic acids is 2. The van der Waals surface area contributed by atoms with Gasteiger partial charge in [0.25, 0.3) is 0 Å². The molecule has 0 bridgehead atoms. The van der Waals surface area contributed by atoms with Crippen LogP contribution in [0, 0.1) is 17.2 Å². The molecule has 23 heavy (non-hydrogen) atoms. The van der Waals surface area contributed by atoms with Crippen LogP contribution in [-0.2, 0) is 9.59 Å². The Balaban J connectivity index is 1.49. The van der Waals surface area contributed by atoms with Crippen molar-refractivity contribution in [3.05, 3.63) is 35.9 Å². The lowest BCUT2D eigenvalue weighted by atomic mass is 10.0. The summed E-state index contributed by atoms with van der Waals surface area (Å²) < 4.78 is 0. The van der Waals surface area contributed by atoms with Crippen molar-refractivity contribution < 1.29 is 9.59 Å². The highest BCUT2D eigenvalue weighted by atomic mass is 16.2. The molecule has 1 aromatic rings. The first-order valence-electron chi connectivity index (χ1n) is 7.78. The van der Waals surface area contributed by atoms with E-state index in [-0.39, 0.29) is 30.6 Å². The number of nitrogens with zero attached hydrogens (tertiary/aromatic N) is 4. The maximum absolute atomic E-state index is 12.2. The van der Waals surface area contributed by atoms with Crippen molar-refractivity contribution in [3.63, 3.8) is 0 Å². The summed E-state index contributed by atoms with van der Waals surface area (Å²) in [6, 6.07) is 11.9. The predicted molar refractivity (Wildman–Crippen MR) is 84.2 cm³/mol. The Bertz CT molecular complexity index is 672. The minimum Gasteiger partial charge on any atom is -0.340 e. The van der Waals surface area contributed by atoms with E-state index < -0.39 is 0 Å². The number of hydrogen-bond acceptors (Lipinski definition) is 4. The Morgan fingerprint density at radius 2 is 1.87 bits per heavy atom. The largest absolute Gasteiger partial charge is 0.340 e. The highest BCUT2D eigenvalue weighted by Gasteiger charge is 2.31. The normalized spacial score (nSPS) is 17.4. The molecule has 1 fully saturated rings. The van der Waals surface area contributed by atoms with Crippen LogP contribution in [0.3, 0.4) is 0 Å². The lowest BCUT2D eigenvalue weighted by Gasteiger charge is -2.35. The zero-order valence-corrected chi connectivity index (χ0v) is 12.8. The average molecular weight is 310 g/mol. The van der Waals surface area contributed by atoms with Crippen molar-refractivity contribution in [3.8, 4) is 6.07 Å². The second-order valence-corrected chi connectivity index (χ2v) is 5.80. The topological polar surface area (TPSA) is 76.8 Å². The molecule has 0 aliphatic carbocycles. The number of hydrogen-bond donors (Lipinski definition) is 0. The molecule has 0 radical (unpaired) electrons. The van der Waals surface area contributed by atoms with Crippen LogP contribution in [0.1, 0.15) is 24.8 Å². The molecule has 1 aromatic carbocycles. The van der Waals surface area contributed by atoms with Gasteiger partial charge >= 0.3 is 0 Å². The van der Waals surface area contributed by atoms with Crippen LogP contribution in [0.5, 0.6) is 0 Å². The van der Waals surface area contributed by atoms with E-state index in [1.807, 2.05) is 30.3 Å². The highest BCUT2D eigenvalue weighted by Crippen LogP contribution is 2.18.